The molecule has 1 aromatic rings. The Labute approximate surface area is 146 Å². The first-order valence-corrected chi connectivity index (χ1v) is 8.40. The van der Waals surface area contributed by atoms with E-state index in [9.17, 15) is 14.4 Å². The van der Waals surface area contributed by atoms with Gasteiger partial charge in [-0.3, -0.25) is 9.59 Å². The zero-order valence-electron chi connectivity index (χ0n) is 14.5. The summed E-state index contributed by atoms with van der Waals surface area (Å²) in [4.78, 5) is 34.7. The molecule has 1 saturated heterocycles. The van der Waals surface area contributed by atoms with Gasteiger partial charge in [-0.2, -0.15) is 0 Å². The fraction of sp³-hybridized carbons (Fsp3) is 0.500. The minimum absolute atomic E-state index is 0.0461. The molecule has 2 atom stereocenters. The molecule has 0 unspecified atom stereocenters. The molecule has 0 aliphatic carbocycles. The normalized spacial score (nSPS) is 19.6. The molecule has 1 heterocycles. The van der Waals surface area contributed by atoms with Gasteiger partial charge in [-0.05, 0) is 36.5 Å². The van der Waals surface area contributed by atoms with E-state index in [1.54, 1.807) is 18.2 Å². The van der Waals surface area contributed by atoms with Gasteiger partial charge in [0.2, 0.25) is 11.8 Å². The standard InChI is InChI=1S/C18H24N2O5/c1-11(2)8-16(21)20-13-5-3-4-12(9-13)10-19-17(22)14-6-7-15(25-14)18(23)24/h3-5,9,11,14-15H,6-8,10H2,1-2H3,(H,19,22)(H,20,21)(H,23,24)/t14-,15+/m0/s1. The molecule has 1 fully saturated rings. The summed E-state index contributed by atoms with van der Waals surface area (Å²) in [5.41, 5.74) is 1.52. The minimum atomic E-state index is -1.04. The summed E-state index contributed by atoms with van der Waals surface area (Å²) >= 11 is 0. The average Bonchev–Trinajstić information content (AvgIpc) is 3.02. The molecule has 0 radical (unpaired) electrons. The number of anilines is 1. The minimum Gasteiger partial charge on any atom is -0.479 e. The van der Waals surface area contributed by atoms with E-state index in [-0.39, 0.29) is 24.3 Å². The highest BCUT2D eigenvalue weighted by molar-refractivity contribution is 5.90. The third-order valence-electron chi connectivity index (χ3n) is 3.86. The van der Waals surface area contributed by atoms with Crippen LogP contribution in [0.4, 0.5) is 5.69 Å². The van der Waals surface area contributed by atoms with Crippen LogP contribution < -0.4 is 10.6 Å². The first kappa shape index (κ1) is 18.9. The van der Waals surface area contributed by atoms with E-state index in [1.807, 2.05) is 19.9 Å². The molecule has 3 N–H and O–H groups in total. The van der Waals surface area contributed by atoms with Gasteiger partial charge in [0, 0.05) is 18.7 Å². The number of nitrogens with one attached hydrogen (secondary N) is 2. The summed E-state index contributed by atoms with van der Waals surface area (Å²) in [7, 11) is 0. The van der Waals surface area contributed by atoms with Gasteiger partial charge in [0.05, 0.1) is 0 Å². The maximum absolute atomic E-state index is 12.1. The van der Waals surface area contributed by atoms with Gasteiger partial charge in [0.15, 0.2) is 6.10 Å². The first-order chi connectivity index (χ1) is 11.8. The number of carbonyl (C=O) groups is 3. The summed E-state index contributed by atoms with van der Waals surface area (Å²) < 4.78 is 5.22. The Hall–Kier alpha value is -2.41. The zero-order chi connectivity index (χ0) is 18.4. The van der Waals surface area contributed by atoms with Gasteiger partial charge in [-0.1, -0.05) is 26.0 Å². The highest BCUT2D eigenvalue weighted by Crippen LogP contribution is 2.20. The van der Waals surface area contributed by atoms with Crippen LogP contribution in [0.15, 0.2) is 24.3 Å². The molecule has 0 saturated carbocycles. The summed E-state index contributed by atoms with van der Waals surface area (Å²) in [6, 6.07) is 7.24. The maximum atomic E-state index is 12.1. The third-order valence-corrected chi connectivity index (χ3v) is 3.86. The molecule has 0 spiro atoms. The van der Waals surface area contributed by atoms with Gasteiger partial charge in [-0.25, -0.2) is 4.79 Å². The maximum Gasteiger partial charge on any atom is 0.332 e. The molecule has 0 aromatic heterocycles. The van der Waals surface area contributed by atoms with Crippen LogP contribution in [0.2, 0.25) is 0 Å². The van der Waals surface area contributed by atoms with Crippen LogP contribution in [-0.4, -0.2) is 35.1 Å². The summed E-state index contributed by atoms with van der Waals surface area (Å²) in [5, 5.41) is 14.5. The van der Waals surface area contributed by atoms with Crippen molar-refractivity contribution in [1.29, 1.82) is 0 Å². The van der Waals surface area contributed by atoms with Gasteiger partial charge < -0.3 is 20.5 Å². The van der Waals surface area contributed by atoms with E-state index in [4.69, 9.17) is 9.84 Å². The average molecular weight is 348 g/mol. The lowest BCUT2D eigenvalue weighted by molar-refractivity contribution is -0.151. The van der Waals surface area contributed by atoms with Crippen molar-refractivity contribution < 1.29 is 24.2 Å². The Kier molecular flexibility index (Phi) is 6.52. The van der Waals surface area contributed by atoms with E-state index in [0.29, 0.717) is 24.9 Å². The summed E-state index contributed by atoms with van der Waals surface area (Å²) in [6.45, 7) is 4.24. The Bertz CT molecular complexity index is 644. The van der Waals surface area contributed by atoms with Crippen molar-refractivity contribution in [3.05, 3.63) is 29.8 Å². The van der Waals surface area contributed by atoms with Crippen LogP contribution >= 0.6 is 0 Å². The van der Waals surface area contributed by atoms with Gasteiger partial charge in [0.1, 0.15) is 6.10 Å². The Morgan fingerprint density at radius 1 is 1.24 bits per heavy atom. The van der Waals surface area contributed by atoms with E-state index in [0.717, 1.165) is 5.56 Å². The van der Waals surface area contributed by atoms with Gasteiger partial charge in [-0.15, -0.1) is 0 Å². The number of carbonyl (C=O) groups excluding carboxylic acids is 2. The summed E-state index contributed by atoms with van der Waals surface area (Å²) in [5.74, 6) is -1.13. The number of carboxylic acid groups (broad SMARTS) is 1. The molecule has 1 aromatic carbocycles. The fourth-order valence-electron chi connectivity index (χ4n) is 2.66. The van der Waals surface area contributed by atoms with Crippen LogP contribution in [-0.2, 0) is 25.7 Å². The number of benzene rings is 1. The highest BCUT2D eigenvalue weighted by atomic mass is 16.5. The lowest BCUT2D eigenvalue weighted by Gasteiger charge is -2.13. The van der Waals surface area contributed by atoms with Crippen molar-refractivity contribution in [1.82, 2.24) is 5.32 Å². The Morgan fingerprint density at radius 3 is 2.60 bits per heavy atom. The van der Waals surface area contributed by atoms with Crippen LogP contribution in [0.5, 0.6) is 0 Å². The second-order valence-corrected chi connectivity index (χ2v) is 6.59. The third kappa shape index (κ3) is 5.86. The van der Waals surface area contributed by atoms with Gasteiger partial charge >= 0.3 is 5.97 Å². The van der Waals surface area contributed by atoms with Crippen molar-refractivity contribution in [3.8, 4) is 0 Å². The molecule has 1 aliphatic rings. The fourth-order valence-corrected chi connectivity index (χ4v) is 2.66. The summed E-state index contributed by atoms with van der Waals surface area (Å²) in [6.07, 6.45) is -0.450. The van der Waals surface area contributed by atoms with Crippen molar-refractivity contribution in [2.45, 2.75) is 51.9 Å². The van der Waals surface area contributed by atoms with Crippen molar-refractivity contribution in [3.63, 3.8) is 0 Å². The number of aliphatic carboxylic acids is 1. The number of rotatable bonds is 7. The molecule has 2 amide bonds. The van der Waals surface area contributed by atoms with E-state index < -0.39 is 18.2 Å². The lowest BCUT2D eigenvalue weighted by atomic mass is 10.1. The number of hydrogen-bond acceptors (Lipinski definition) is 4. The topological polar surface area (TPSA) is 105 Å². The second kappa shape index (κ2) is 8.62. The second-order valence-electron chi connectivity index (χ2n) is 6.59. The SMILES string of the molecule is CC(C)CC(=O)Nc1cccc(CNC(=O)[C@@H]2CC[C@H](C(=O)O)O2)c1. The van der Waals surface area contributed by atoms with E-state index in [2.05, 4.69) is 10.6 Å². The van der Waals surface area contributed by atoms with E-state index in [1.165, 1.54) is 0 Å². The molecular weight excluding hydrogens is 324 g/mol. The zero-order valence-corrected chi connectivity index (χ0v) is 14.5. The van der Waals surface area contributed by atoms with E-state index >= 15 is 0 Å². The van der Waals surface area contributed by atoms with Crippen LogP contribution in [0.1, 0.15) is 38.7 Å². The molecule has 2 rings (SSSR count). The molecule has 1 aliphatic heterocycles. The van der Waals surface area contributed by atoms with Crippen LogP contribution in [0.3, 0.4) is 0 Å². The van der Waals surface area contributed by atoms with Crippen molar-refractivity contribution in [2.75, 3.05) is 5.32 Å². The molecule has 7 nitrogen and oxygen atoms in total. The van der Waals surface area contributed by atoms with Crippen LogP contribution in [0.25, 0.3) is 0 Å². The smallest absolute Gasteiger partial charge is 0.332 e. The highest BCUT2D eigenvalue weighted by Gasteiger charge is 2.34. The molecule has 25 heavy (non-hydrogen) atoms. The number of ether oxygens (including phenoxy) is 1. The van der Waals surface area contributed by atoms with Crippen molar-refractivity contribution >= 4 is 23.5 Å². The monoisotopic (exact) mass is 348 g/mol. The quantitative estimate of drug-likeness (QED) is 0.698. The predicted molar refractivity (Wildman–Crippen MR) is 91.9 cm³/mol. The lowest BCUT2D eigenvalue weighted by Crippen LogP contribution is -2.35. The first-order valence-electron chi connectivity index (χ1n) is 8.40. The molecule has 136 valence electrons. The Balaban J connectivity index is 1.84. The number of hydrogen-bond donors (Lipinski definition) is 3. The molecular formula is C18H24N2O5. The largest absolute Gasteiger partial charge is 0.479 e. The Morgan fingerprint density at radius 2 is 1.96 bits per heavy atom. The molecule has 0 bridgehead atoms. The number of carboxylic acids is 1. The number of amides is 2. The van der Waals surface area contributed by atoms with Gasteiger partial charge in [0.25, 0.3) is 0 Å². The van der Waals surface area contributed by atoms with Crippen LogP contribution in [0, 0.1) is 5.92 Å². The predicted octanol–water partition coefficient (Wildman–Crippen LogP) is 1.92. The molecule has 7 heteroatoms. The van der Waals surface area contributed by atoms with Crippen molar-refractivity contribution in [2.24, 2.45) is 5.92 Å².